The molecule has 0 atom stereocenters. The molecule has 6 heavy (non-hydrogen) atoms. The molecule has 34 valence electrons. The van der Waals surface area contributed by atoms with Crippen LogP contribution in [-0.2, 0) is 8.37 Å². The van der Waals surface area contributed by atoms with Crippen molar-refractivity contribution in [2.75, 3.05) is 0 Å². The van der Waals surface area contributed by atoms with Crippen LogP contribution in [0.5, 0.6) is 0 Å². The number of rotatable bonds is 0. The SMILES string of the molecule is B#[SH]1OC(C)O1. The van der Waals surface area contributed by atoms with Gasteiger partial charge in [0.25, 0.3) is 0 Å². The molecular weight excluding hydrogens is 98.9 g/mol. The summed E-state index contributed by atoms with van der Waals surface area (Å²) in [6, 6.07) is 0. The van der Waals surface area contributed by atoms with E-state index in [9.17, 15) is 0 Å². The first-order chi connectivity index (χ1) is 2.79. The third kappa shape index (κ3) is 0.694. The summed E-state index contributed by atoms with van der Waals surface area (Å²) >= 11 is 0. The quantitative estimate of drug-likeness (QED) is 0.351. The van der Waals surface area contributed by atoms with Crippen LogP contribution in [0.3, 0.4) is 0 Å². The molecule has 1 saturated heterocycles. The molecule has 4 heteroatoms. The Bertz CT molecular complexity index is 104. The van der Waals surface area contributed by atoms with Crippen LogP contribution in [0.2, 0.25) is 0 Å². The van der Waals surface area contributed by atoms with Crippen LogP contribution >= 0.6 is 10.7 Å². The first-order valence-corrected chi connectivity index (χ1v) is 2.92. The molecule has 0 aromatic heterocycles. The van der Waals surface area contributed by atoms with E-state index in [0.717, 1.165) is 0 Å². The van der Waals surface area contributed by atoms with E-state index < -0.39 is 10.7 Å². The van der Waals surface area contributed by atoms with Crippen molar-refractivity contribution < 1.29 is 8.37 Å². The Balaban J connectivity index is 2.34. The van der Waals surface area contributed by atoms with E-state index in [0.29, 0.717) is 0 Å². The molecule has 0 spiro atoms. The molecule has 0 radical (unpaired) electrons. The molecule has 0 N–H and O–H groups in total. The molecule has 0 unspecified atom stereocenters. The third-order valence-electron chi connectivity index (χ3n) is 0.505. The van der Waals surface area contributed by atoms with E-state index in [2.05, 4.69) is 0 Å². The standard InChI is InChI=1S/C2H5BO2S/c1-2-4-6(3)5-2/h2,6H,1H3. The zero-order chi connectivity index (χ0) is 4.57. The van der Waals surface area contributed by atoms with Gasteiger partial charge in [-0.1, -0.05) is 0 Å². The molecule has 0 saturated carbocycles. The predicted molar refractivity (Wildman–Crippen MR) is 26.4 cm³/mol. The topological polar surface area (TPSA) is 18.5 Å². The van der Waals surface area contributed by atoms with Crippen molar-refractivity contribution in [1.29, 1.82) is 0 Å². The van der Waals surface area contributed by atoms with Crippen LogP contribution in [0.15, 0.2) is 0 Å². The van der Waals surface area contributed by atoms with Gasteiger partial charge in [0.15, 0.2) is 0 Å². The van der Waals surface area contributed by atoms with Crippen molar-refractivity contribution in [2.45, 2.75) is 13.2 Å². The van der Waals surface area contributed by atoms with Gasteiger partial charge in [0.05, 0.1) is 0 Å². The summed E-state index contributed by atoms with van der Waals surface area (Å²) in [4.78, 5) is 0. The second kappa shape index (κ2) is 1.44. The summed E-state index contributed by atoms with van der Waals surface area (Å²) < 4.78 is 9.52. The minimum absolute atomic E-state index is 0.0545. The van der Waals surface area contributed by atoms with Crippen LogP contribution < -0.4 is 0 Å². The van der Waals surface area contributed by atoms with Gasteiger partial charge in [-0.15, -0.1) is 0 Å². The summed E-state index contributed by atoms with van der Waals surface area (Å²) in [5, 5.41) is 0. The number of hydrogen-bond acceptors (Lipinski definition) is 2. The second-order valence-corrected chi connectivity index (χ2v) is 2.06. The maximum absolute atomic E-state index is 5.09. The number of thiol groups is 1. The van der Waals surface area contributed by atoms with Crippen LogP contribution in [-0.4, -0.2) is 12.8 Å². The van der Waals surface area contributed by atoms with Crippen LogP contribution in [0.4, 0.5) is 0 Å². The van der Waals surface area contributed by atoms with Gasteiger partial charge in [-0.3, -0.25) is 0 Å². The van der Waals surface area contributed by atoms with Crippen molar-refractivity contribution in [3.63, 3.8) is 0 Å². The summed E-state index contributed by atoms with van der Waals surface area (Å²) in [6.07, 6.45) is -0.0545. The third-order valence-corrected chi connectivity index (χ3v) is 1.51. The van der Waals surface area contributed by atoms with Gasteiger partial charge in [-0.05, 0) is 0 Å². The van der Waals surface area contributed by atoms with E-state index in [1.807, 2.05) is 6.92 Å². The van der Waals surface area contributed by atoms with Crippen LogP contribution in [0.1, 0.15) is 6.92 Å². The zero-order valence-electron chi connectivity index (χ0n) is 3.42. The summed E-state index contributed by atoms with van der Waals surface area (Å²) in [7, 11) is -0.957. The van der Waals surface area contributed by atoms with Crippen molar-refractivity contribution in [1.82, 2.24) is 0 Å². The fourth-order valence-electron chi connectivity index (χ4n) is 0.301. The van der Waals surface area contributed by atoms with E-state index in [1.54, 1.807) is 0 Å². The van der Waals surface area contributed by atoms with Crippen LogP contribution in [0.25, 0.3) is 0 Å². The molecule has 0 aliphatic carbocycles. The fourth-order valence-corrected chi connectivity index (χ4v) is 0.902. The Hall–Kier alpha value is 0.335. The summed E-state index contributed by atoms with van der Waals surface area (Å²) in [5.74, 6) is 0. The molecule has 1 fully saturated rings. The van der Waals surface area contributed by atoms with Crippen molar-refractivity contribution in [3.8, 4) is 0 Å². The number of hydrogen-bond donors (Lipinski definition) is 1. The average molecular weight is 104 g/mol. The molecule has 0 aromatic rings. The van der Waals surface area contributed by atoms with E-state index in [-0.39, 0.29) is 6.29 Å². The van der Waals surface area contributed by atoms with Crippen molar-refractivity contribution in [3.05, 3.63) is 0 Å². The second-order valence-electron chi connectivity index (χ2n) is 1.06. The molecule has 2 nitrogen and oxygen atoms in total. The average Bonchev–Trinajstić information content (AvgIpc) is 1.33. The fraction of sp³-hybridized carbons (Fsp3) is 1.00. The maximum atomic E-state index is 5.09. The summed E-state index contributed by atoms with van der Waals surface area (Å²) in [5.41, 5.74) is 0. The molecule has 1 aliphatic rings. The molecule has 1 aliphatic heterocycles. The Morgan fingerprint density at radius 2 is 2.17 bits per heavy atom. The van der Waals surface area contributed by atoms with Crippen LogP contribution in [0, 0.1) is 0 Å². The van der Waals surface area contributed by atoms with Gasteiger partial charge in [0.1, 0.15) is 0 Å². The molecule has 0 amide bonds. The first-order valence-electron chi connectivity index (χ1n) is 1.67. The summed E-state index contributed by atoms with van der Waals surface area (Å²) in [6.45, 7) is 6.90. The van der Waals surface area contributed by atoms with Gasteiger partial charge in [-0.2, -0.15) is 0 Å². The normalized spacial score (nSPS) is 45.2. The van der Waals surface area contributed by atoms with E-state index in [1.165, 1.54) is 0 Å². The minimum atomic E-state index is -0.957. The van der Waals surface area contributed by atoms with E-state index in [4.69, 9.17) is 14.9 Å². The molecule has 1 heterocycles. The van der Waals surface area contributed by atoms with Crippen molar-refractivity contribution >= 4 is 17.2 Å². The van der Waals surface area contributed by atoms with Gasteiger partial charge >= 0.3 is 38.8 Å². The van der Waals surface area contributed by atoms with Gasteiger partial charge in [0.2, 0.25) is 0 Å². The molecule has 0 aromatic carbocycles. The van der Waals surface area contributed by atoms with Gasteiger partial charge in [-0.25, -0.2) is 0 Å². The Kier molecular flexibility index (Phi) is 1.08. The Labute approximate surface area is 39.7 Å². The monoisotopic (exact) mass is 104 g/mol. The van der Waals surface area contributed by atoms with Crippen molar-refractivity contribution in [2.24, 2.45) is 0 Å². The predicted octanol–water partition coefficient (Wildman–Crippen LogP) is 0.294. The Morgan fingerprint density at radius 3 is 2.17 bits per heavy atom. The zero-order valence-corrected chi connectivity index (χ0v) is 4.31. The Morgan fingerprint density at radius 1 is 1.67 bits per heavy atom. The molecule has 1 rings (SSSR count). The first kappa shape index (κ1) is 4.49. The molecule has 0 bridgehead atoms. The van der Waals surface area contributed by atoms with Gasteiger partial charge < -0.3 is 0 Å². The molecular formula is C2H5BO2S. The van der Waals surface area contributed by atoms with E-state index >= 15 is 0 Å². The van der Waals surface area contributed by atoms with Gasteiger partial charge in [0, 0.05) is 0 Å².